The van der Waals surface area contributed by atoms with Crippen molar-refractivity contribution in [2.45, 2.75) is 50.7 Å². The van der Waals surface area contributed by atoms with Crippen LogP contribution < -0.4 is 4.90 Å². The quantitative estimate of drug-likeness (QED) is 0.446. The second-order valence-electron chi connectivity index (χ2n) is 10.4. The van der Waals surface area contributed by atoms with Gasteiger partial charge in [-0.2, -0.15) is 0 Å². The van der Waals surface area contributed by atoms with Crippen molar-refractivity contribution in [3.63, 3.8) is 0 Å². The Kier molecular flexibility index (Phi) is 7.18. The standard InChI is InChI=1S/C24H33FN4O5Si/c1-35(2,3)14-13-34-16-29-22(30)9-12-28(23(29)31)20-6-4-5-19-17(20)7-11-27(19)21-8-10-26(24(32)33)15-18(21)25/h4-7,11,18,21H,8-10,12-16H2,1-3H3,(H,32,33)/t18-,21+/m0/s1. The van der Waals surface area contributed by atoms with Crippen LogP contribution in [0.4, 0.5) is 19.7 Å². The van der Waals surface area contributed by atoms with Crippen LogP contribution in [0.1, 0.15) is 18.9 Å². The van der Waals surface area contributed by atoms with Crippen molar-refractivity contribution < 1.29 is 28.6 Å². The summed E-state index contributed by atoms with van der Waals surface area (Å²) in [5, 5.41) is 9.95. The number of carboxylic acid groups (broad SMARTS) is 1. The van der Waals surface area contributed by atoms with Gasteiger partial charge in [0.25, 0.3) is 0 Å². The largest absolute Gasteiger partial charge is 0.465 e. The van der Waals surface area contributed by atoms with E-state index in [0.29, 0.717) is 18.7 Å². The normalized spacial score (nSPS) is 21.8. The number of likely N-dealkylation sites (tertiary alicyclic amines) is 1. The Morgan fingerprint density at radius 3 is 2.66 bits per heavy atom. The first-order chi connectivity index (χ1) is 16.6. The van der Waals surface area contributed by atoms with Crippen LogP contribution >= 0.6 is 0 Å². The summed E-state index contributed by atoms with van der Waals surface area (Å²) in [6, 6.07) is 7.38. The molecule has 190 valence electrons. The highest BCUT2D eigenvalue weighted by molar-refractivity contribution is 6.76. The highest BCUT2D eigenvalue weighted by Crippen LogP contribution is 2.35. The molecule has 4 rings (SSSR count). The number of piperidine rings is 1. The van der Waals surface area contributed by atoms with Crippen molar-refractivity contribution >= 4 is 42.7 Å². The van der Waals surface area contributed by atoms with Gasteiger partial charge < -0.3 is 19.3 Å². The highest BCUT2D eigenvalue weighted by Gasteiger charge is 2.36. The molecular formula is C24H33FN4O5Si. The molecule has 0 aliphatic carbocycles. The summed E-state index contributed by atoms with van der Waals surface area (Å²) in [6.07, 6.45) is -0.102. The summed E-state index contributed by atoms with van der Waals surface area (Å²) in [6.45, 7) is 7.51. The molecule has 2 fully saturated rings. The third kappa shape index (κ3) is 5.35. The highest BCUT2D eigenvalue weighted by atomic mass is 28.3. The molecule has 35 heavy (non-hydrogen) atoms. The van der Waals surface area contributed by atoms with Gasteiger partial charge in [-0.15, -0.1) is 0 Å². The van der Waals surface area contributed by atoms with Gasteiger partial charge in [-0.25, -0.2) is 18.9 Å². The third-order valence-corrected chi connectivity index (χ3v) is 8.40. The van der Waals surface area contributed by atoms with Crippen LogP contribution in [0, 0.1) is 0 Å². The number of aromatic nitrogens is 1. The Hall–Kier alpha value is -2.92. The molecular weight excluding hydrogens is 471 g/mol. The number of rotatable bonds is 7. The molecule has 0 spiro atoms. The Morgan fingerprint density at radius 2 is 1.97 bits per heavy atom. The van der Waals surface area contributed by atoms with Gasteiger partial charge in [0.15, 0.2) is 0 Å². The van der Waals surface area contributed by atoms with E-state index >= 15 is 0 Å². The van der Waals surface area contributed by atoms with Crippen LogP contribution in [-0.2, 0) is 9.53 Å². The zero-order valence-electron chi connectivity index (χ0n) is 20.4. The lowest BCUT2D eigenvalue weighted by atomic mass is 10.0. The van der Waals surface area contributed by atoms with Crippen LogP contribution in [0.25, 0.3) is 10.9 Å². The molecule has 0 saturated carbocycles. The molecule has 2 saturated heterocycles. The van der Waals surface area contributed by atoms with Gasteiger partial charge in [-0.1, -0.05) is 25.7 Å². The molecule has 1 aromatic carbocycles. The molecule has 3 heterocycles. The van der Waals surface area contributed by atoms with Gasteiger partial charge in [0.1, 0.15) is 12.9 Å². The van der Waals surface area contributed by atoms with Gasteiger partial charge in [-0.3, -0.25) is 9.69 Å². The molecule has 1 aromatic heterocycles. The molecule has 9 nitrogen and oxygen atoms in total. The number of carbonyl (C=O) groups excluding carboxylic acids is 2. The van der Waals surface area contributed by atoms with Crippen LogP contribution in [0.15, 0.2) is 30.5 Å². The van der Waals surface area contributed by atoms with E-state index in [1.807, 2.05) is 28.8 Å². The van der Waals surface area contributed by atoms with Crippen LogP contribution in [0.5, 0.6) is 0 Å². The monoisotopic (exact) mass is 504 g/mol. The first-order valence-electron chi connectivity index (χ1n) is 12.0. The summed E-state index contributed by atoms with van der Waals surface area (Å²) in [5.41, 5.74) is 1.42. The van der Waals surface area contributed by atoms with Crippen LogP contribution in [0.3, 0.4) is 0 Å². The van der Waals surface area contributed by atoms with E-state index in [4.69, 9.17) is 4.74 Å². The van der Waals surface area contributed by atoms with Crippen molar-refractivity contribution in [2.24, 2.45) is 0 Å². The average molecular weight is 505 g/mol. The minimum atomic E-state index is -1.34. The Balaban J connectivity index is 1.53. The molecule has 2 aliphatic heterocycles. The van der Waals surface area contributed by atoms with E-state index in [2.05, 4.69) is 19.6 Å². The summed E-state index contributed by atoms with van der Waals surface area (Å²) in [5.74, 6) is -0.255. The average Bonchev–Trinajstić information content (AvgIpc) is 3.22. The van der Waals surface area contributed by atoms with E-state index in [9.17, 15) is 23.9 Å². The maximum absolute atomic E-state index is 14.9. The zero-order valence-corrected chi connectivity index (χ0v) is 21.4. The van der Waals surface area contributed by atoms with E-state index in [1.165, 1.54) is 0 Å². The van der Waals surface area contributed by atoms with Crippen LogP contribution in [0.2, 0.25) is 25.7 Å². The number of alkyl halides is 1. The number of amides is 4. The molecule has 0 radical (unpaired) electrons. The predicted octanol–water partition coefficient (Wildman–Crippen LogP) is 4.38. The van der Waals surface area contributed by atoms with Gasteiger partial charge in [0, 0.05) is 45.8 Å². The molecule has 2 aliphatic rings. The number of carbonyl (C=O) groups is 3. The Morgan fingerprint density at radius 1 is 1.20 bits per heavy atom. The second-order valence-corrected chi connectivity index (χ2v) is 16.0. The summed E-state index contributed by atoms with van der Waals surface area (Å²) in [4.78, 5) is 40.8. The predicted molar refractivity (Wildman–Crippen MR) is 133 cm³/mol. The number of fused-ring (bicyclic) bond motifs is 1. The fourth-order valence-electron chi connectivity index (χ4n) is 4.65. The van der Waals surface area contributed by atoms with Crippen molar-refractivity contribution in [2.75, 3.05) is 37.9 Å². The van der Waals surface area contributed by atoms with Crippen molar-refractivity contribution in [3.8, 4) is 0 Å². The fourth-order valence-corrected chi connectivity index (χ4v) is 5.41. The first kappa shape index (κ1) is 25.2. The molecule has 11 heteroatoms. The van der Waals surface area contributed by atoms with Crippen molar-refractivity contribution in [1.29, 1.82) is 0 Å². The third-order valence-electron chi connectivity index (χ3n) is 6.69. The van der Waals surface area contributed by atoms with Crippen molar-refractivity contribution in [3.05, 3.63) is 30.5 Å². The molecule has 0 bridgehead atoms. The number of anilines is 1. The minimum Gasteiger partial charge on any atom is -0.465 e. The van der Waals surface area contributed by atoms with Gasteiger partial charge >= 0.3 is 12.1 Å². The molecule has 0 unspecified atom stereocenters. The summed E-state index contributed by atoms with van der Waals surface area (Å²) < 4.78 is 22.5. The fraction of sp³-hybridized carbons (Fsp3) is 0.542. The Labute approximate surface area is 205 Å². The topological polar surface area (TPSA) is 95.3 Å². The maximum Gasteiger partial charge on any atom is 0.407 e. The van der Waals surface area contributed by atoms with Gasteiger partial charge in [0.2, 0.25) is 5.91 Å². The number of halogens is 1. The number of hydrogen-bond acceptors (Lipinski definition) is 4. The van der Waals surface area contributed by atoms with E-state index in [-0.39, 0.29) is 38.7 Å². The number of ether oxygens (including phenoxy) is 1. The lowest BCUT2D eigenvalue weighted by Crippen LogP contribution is -2.53. The first-order valence-corrected chi connectivity index (χ1v) is 15.7. The van der Waals surface area contributed by atoms with Gasteiger partial charge in [0.05, 0.1) is 23.8 Å². The number of benzene rings is 1. The number of imide groups is 1. The second kappa shape index (κ2) is 9.98. The van der Waals surface area contributed by atoms with Crippen LogP contribution in [-0.4, -0.2) is 84.7 Å². The Bertz CT molecular complexity index is 1120. The smallest absolute Gasteiger partial charge is 0.407 e. The van der Waals surface area contributed by atoms with Gasteiger partial charge in [-0.05, 0) is 30.7 Å². The maximum atomic E-state index is 14.9. The number of urea groups is 1. The van der Waals surface area contributed by atoms with E-state index in [0.717, 1.165) is 26.7 Å². The zero-order chi connectivity index (χ0) is 25.3. The van der Waals surface area contributed by atoms with E-state index < -0.39 is 32.4 Å². The lowest BCUT2D eigenvalue weighted by Gasteiger charge is -2.35. The number of nitrogens with zero attached hydrogens (tertiary/aromatic N) is 4. The summed E-state index contributed by atoms with van der Waals surface area (Å²) >= 11 is 0. The van der Waals surface area contributed by atoms with E-state index in [1.54, 1.807) is 11.1 Å². The minimum absolute atomic E-state index is 0.0681. The molecule has 1 N–H and O–H groups in total. The molecule has 2 atom stereocenters. The molecule has 2 aromatic rings. The molecule has 4 amide bonds. The summed E-state index contributed by atoms with van der Waals surface area (Å²) in [7, 11) is -1.29. The number of hydrogen-bond donors (Lipinski definition) is 1. The van der Waals surface area contributed by atoms with Crippen molar-refractivity contribution in [1.82, 2.24) is 14.4 Å². The lowest BCUT2D eigenvalue weighted by molar-refractivity contribution is -0.133. The SMILES string of the molecule is C[Si](C)(C)CCOCN1C(=O)CCN(c2cccc3c2ccn3[C@@H]2CCN(C(=O)O)C[C@@H]2F)C1=O.